The first kappa shape index (κ1) is 13.7. The summed E-state index contributed by atoms with van der Waals surface area (Å²) in [5.41, 5.74) is -0.275. The number of halogens is 2. The maximum Gasteiger partial charge on any atom is 0.229 e. The van der Waals surface area contributed by atoms with Crippen LogP contribution in [0.2, 0.25) is 0 Å². The predicted molar refractivity (Wildman–Crippen MR) is 67.1 cm³/mol. The van der Waals surface area contributed by atoms with Gasteiger partial charge in [-0.2, -0.15) is 0 Å². The number of aromatic nitrogens is 2. The van der Waals surface area contributed by atoms with E-state index < -0.39 is 17.2 Å². The van der Waals surface area contributed by atoms with Crippen molar-refractivity contribution in [1.82, 2.24) is 9.97 Å². The predicted octanol–water partition coefficient (Wildman–Crippen LogP) is 2.19. The number of aldehydes is 1. The van der Waals surface area contributed by atoms with Crippen LogP contribution in [-0.4, -0.2) is 22.2 Å². The zero-order valence-corrected chi connectivity index (χ0v) is 10.4. The van der Waals surface area contributed by atoms with Crippen molar-refractivity contribution in [2.75, 3.05) is 5.32 Å². The molecule has 0 radical (unpaired) electrons. The Morgan fingerprint density at radius 2 is 1.95 bits per heavy atom. The Labute approximate surface area is 112 Å². The first-order valence-electron chi connectivity index (χ1n) is 5.56. The standard InChI is InChI=1S/C13H9F2N3O2/c1-7(20)17-13-16-3-2-12(18-13)8-4-10(14)9(6-19)11(15)5-8/h2-6H,1H3,(H,16,17,18,20). The van der Waals surface area contributed by atoms with Gasteiger partial charge in [-0.3, -0.25) is 14.9 Å². The highest BCUT2D eigenvalue weighted by atomic mass is 19.1. The van der Waals surface area contributed by atoms with Gasteiger partial charge in [-0.05, 0) is 18.2 Å². The van der Waals surface area contributed by atoms with Crippen molar-refractivity contribution in [2.24, 2.45) is 0 Å². The molecule has 0 bridgehead atoms. The minimum absolute atomic E-state index is 0.0234. The van der Waals surface area contributed by atoms with Crippen LogP contribution in [0, 0.1) is 11.6 Å². The number of benzene rings is 1. The van der Waals surface area contributed by atoms with Crippen LogP contribution in [-0.2, 0) is 4.79 Å². The molecule has 0 aliphatic heterocycles. The Balaban J connectivity index is 2.46. The van der Waals surface area contributed by atoms with Gasteiger partial charge >= 0.3 is 0 Å². The molecule has 5 nitrogen and oxygen atoms in total. The molecule has 2 rings (SSSR count). The van der Waals surface area contributed by atoms with Crippen molar-refractivity contribution in [3.8, 4) is 11.3 Å². The number of nitrogens with one attached hydrogen (secondary N) is 1. The maximum atomic E-state index is 13.5. The van der Waals surface area contributed by atoms with Crippen LogP contribution in [0.15, 0.2) is 24.4 Å². The molecule has 0 fully saturated rings. The fourth-order valence-electron chi connectivity index (χ4n) is 1.58. The molecule has 1 aromatic heterocycles. The zero-order chi connectivity index (χ0) is 14.7. The fraction of sp³-hybridized carbons (Fsp3) is 0.0769. The summed E-state index contributed by atoms with van der Waals surface area (Å²) in [6.45, 7) is 1.29. The third-order valence-electron chi connectivity index (χ3n) is 2.44. The molecule has 20 heavy (non-hydrogen) atoms. The van der Waals surface area contributed by atoms with Gasteiger partial charge < -0.3 is 0 Å². The third-order valence-corrected chi connectivity index (χ3v) is 2.44. The lowest BCUT2D eigenvalue weighted by Gasteiger charge is -2.06. The Bertz CT molecular complexity index is 666. The van der Waals surface area contributed by atoms with E-state index in [-0.39, 0.29) is 29.4 Å². The normalized spacial score (nSPS) is 10.2. The average Bonchev–Trinajstić information content (AvgIpc) is 2.38. The van der Waals surface area contributed by atoms with E-state index in [2.05, 4.69) is 15.3 Å². The molecule has 1 aromatic carbocycles. The number of nitrogens with zero attached hydrogens (tertiary/aromatic N) is 2. The van der Waals surface area contributed by atoms with E-state index in [0.29, 0.717) is 0 Å². The number of hydrogen-bond donors (Lipinski definition) is 1. The van der Waals surface area contributed by atoms with Crippen molar-refractivity contribution >= 4 is 18.1 Å². The van der Waals surface area contributed by atoms with E-state index in [1.165, 1.54) is 19.2 Å². The molecule has 0 aliphatic carbocycles. The monoisotopic (exact) mass is 277 g/mol. The van der Waals surface area contributed by atoms with Gasteiger partial charge in [-0.25, -0.2) is 18.7 Å². The molecule has 1 amide bonds. The Morgan fingerprint density at radius 3 is 2.50 bits per heavy atom. The average molecular weight is 277 g/mol. The molecule has 0 aliphatic rings. The molecular formula is C13H9F2N3O2. The first-order chi connectivity index (χ1) is 9.51. The SMILES string of the molecule is CC(=O)Nc1nccc(-c2cc(F)c(C=O)c(F)c2)n1. The van der Waals surface area contributed by atoms with Crippen molar-refractivity contribution < 1.29 is 18.4 Å². The van der Waals surface area contributed by atoms with Crippen molar-refractivity contribution in [3.63, 3.8) is 0 Å². The number of anilines is 1. The first-order valence-corrected chi connectivity index (χ1v) is 5.56. The summed E-state index contributed by atoms with van der Waals surface area (Å²) in [5, 5.41) is 2.36. The molecule has 0 saturated carbocycles. The van der Waals surface area contributed by atoms with Gasteiger partial charge in [0.2, 0.25) is 11.9 Å². The van der Waals surface area contributed by atoms with Gasteiger partial charge in [0.25, 0.3) is 0 Å². The van der Waals surface area contributed by atoms with E-state index >= 15 is 0 Å². The second-order valence-corrected chi connectivity index (χ2v) is 3.92. The number of amides is 1. The van der Waals surface area contributed by atoms with Crippen LogP contribution < -0.4 is 5.32 Å². The molecule has 0 spiro atoms. The minimum atomic E-state index is -0.977. The Kier molecular flexibility index (Phi) is 3.79. The molecule has 102 valence electrons. The smallest absolute Gasteiger partial charge is 0.229 e. The van der Waals surface area contributed by atoms with Crippen LogP contribution in [0.25, 0.3) is 11.3 Å². The number of rotatable bonds is 3. The van der Waals surface area contributed by atoms with Crippen LogP contribution in [0.4, 0.5) is 14.7 Å². The Morgan fingerprint density at radius 1 is 1.30 bits per heavy atom. The fourth-order valence-corrected chi connectivity index (χ4v) is 1.58. The van der Waals surface area contributed by atoms with Gasteiger partial charge in [-0.1, -0.05) is 0 Å². The summed E-state index contributed by atoms with van der Waals surface area (Å²) in [6, 6.07) is 3.42. The number of hydrogen-bond acceptors (Lipinski definition) is 4. The molecule has 0 saturated heterocycles. The number of carbonyl (C=O) groups is 2. The summed E-state index contributed by atoms with van der Waals surface area (Å²) in [5.74, 6) is -2.30. The lowest BCUT2D eigenvalue weighted by Crippen LogP contribution is -2.09. The van der Waals surface area contributed by atoms with Gasteiger partial charge in [0.05, 0.1) is 11.3 Å². The van der Waals surface area contributed by atoms with Crippen LogP contribution >= 0.6 is 0 Å². The largest absolute Gasteiger partial charge is 0.298 e. The second kappa shape index (κ2) is 5.52. The van der Waals surface area contributed by atoms with Crippen LogP contribution in [0.5, 0.6) is 0 Å². The minimum Gasteiger partial charge on any atom is -0.298 e. The molecule has 2 aromatic rings. The van der Waals surface area contributed by atoms with E-state index in [4.69, 9.17) is 0 Å². The summed E-state index contributed by atoms with van der Waals surface area (Å²) in [7, 11) is 0. The molecular weight excluding hydrogens is 268 g/mol. The lowest BCUT2D eigenvalue weighted by atomic mass is 10.1. The van der Waals surface area contributed by atoms with Crippen molar-refractivity contribution in [1.29, 1.82) is 0 Å². The van der Waals surface area contributed by atoms with E-state index in [9.17, 15) is 18.4 Å². The molecule has 0 unspecified atom stereocenters. The van der Waals surface area contributed by atoms with Gasteiger partial charge in [0.15, 0.2) is 6.29 Å². The third kappa shape index (κ3) is 2.82. The van der Waals surface area contributed by atoms with Gasteiger partial charge in [-0.15, -0.1) is 0 Å². The highest BCUT2D eigenvalue weighted by molar-refractivity contribution is 5.87. The molecule has 1 heterocycles. The molecule has 1 N–H and O–H groups in total. The number of carbonyl (C=O) groups excluding carboxylic acids is 2. The highest BCUT2D eigenvalue weighted by Crippen LogP contribution is 2.22. The van der Waals surface area contributed by atoms with Gasteiger partial charge in [0, 0.05) is 18.7 Å². The molecule has 7 heteroatoms. The van der Waals surface area contributed by atoms with E-state index in [0.717, 1.165) is 12.1 Å². The summed E-state index contributed by atoms with van der Waals surface area (Å²) >= 11 is 0. The summed E-state index contributed by atoms with van der Waals surface area (Å²) in [4.78, 5) is 29.2. The van der Waals surface area contributed by atoms with Gasteiger partial charge in [0.1, 0.15) is 11.6 Å². The van der Waals surface area contributed by atoms with Crippen molar-refractivity contribution in [2.45, 2.75) is 6.92 Å². The van der Waals surface area contributed by atoms with Crippen LogP contribution in [0.3, 0.4) is 0 Å². The maximum absolute atomic E-state index is 13.5. The zero-order valence-electron chi connectivity index (χ0n) is 10.4. The topological polar surface area (TPSA) is 72.0 Å². The quantitative estimate of drug-likeness (QED) is 0.873. The van der Waals surface area contributed by atoms with E-state index in [1.54, 1.807) is 0 Å². The second-order valence-electron chi connectivity index (χ2n) is 3.92. The van der Waals surface area contributed by atoms with E-state index in [1.807, 2.05) is 0 Å². The molecule has 0 atom stereocenters. The lowest BCUT2D eigenvalue weighted by molar-refractivity contribution is -0.114. The highest BCUT2D eigenvalue weighted by Gasteiger charge is 2.12. The Hall–Kier alpha value is -2.70. The summed E-state index contributed by atoms with van der Waals surface area (Å²) in [6.07, 6.45) is 1.45. The van der Waals surface area contributed by atoms with Crippen LogP contribution in [0.1, 0.15) is 17.3 Å². The summed E-state index contributed by atoms with van der Waals surface area (Å²) < 4.78 is 27.0. The van der Waals surface area contributed by atoms with Crippen molar-refractivity contribution in [3.05, 3.63) is 41.6 Å².